The Morgan fingerprint density at radius 2 is 1.34 bits per heavy atom. The number of hydrogen-bond donors (Lipinski definition) is 0. The van der Waals surface area contributed by atoms with E-state index in [0.717, 1.165) is 0 Å². The number of halogens is 2. The van der Waals surface area contributed by atoms with Crippen LogP contribution >= 0.6 is 0 Å². The maximum Gasteiger partial charge on any atom is -0.0114 e. The van der Waals surface area contributed by atoms with E-state index < -0.39 is 0 Å². The smallest absolute Gasteiger partial charge is 0.0114 e. The molecule has 1 unspecified atom stereocenters. The van der Waals surface area contributed by atoms with Crippen LogP contribution in [0.4, 0.5) is 0 Å². The van der Waals surface area contributed by atoms with E-state index in [0.29, 0.717) is 5.92 Å². The molecule has 1 aliphatic rings. The van der Waals surface area contributed by atoms with Crippen molar-refractivity contribution < 1.29 is 48.1 Å². The molecule has 0 heterocycles. The molecular weight excluding hydrogens is 563 g/mol. The van der Waals surface area contributed by atoms with E-state index in [1.807, 2.05) is 0 Å². The minimum atomic E-state index is 0. The van der Waals surface area contributed by atoms with Gasteiger partial charge >= 0.3 is 41.9 Å². The van der Waals surface area contributed by atoms with Crippen molar-refractivity contribution in [1.29, 1.82) is 0 Å². The first-order valence-corrected chi connectivity index (χ1v) is 17.8. The first kappa shape index (κ1) is 31.7. The second kappa shape index (κ2) is 14.4. The Hall–Kier alpha value is -1.31. The van der Waals surface area contributed by atoms with Gasteiger partial charge in [0.1, 0.15) is 0 Å². The molecule has 0 amide bonds. The molecule has 0 saturated carbocycles. The first-order valence-electron chi connectivity index (χ1n) is 11.6. The van der Waals surface area contributed by atoms with Gasteiger partial charge < -0.3 is 24.8 Å². The third-order valence-electron chi connectivity index (χ3n) is 6.21. The summed E-state index contributed by atoms with van der Waals surface area (Å²) in [7, 11) is 0. The largest absolute Gasteiger partial charge is 1.00 e. The summed E-state index contributed by atoms with van der Waals surface area (Å²) in [5.74, 6) is 0.560. The van der Waals surface area contributed by atoms with Gasteiger partial charge in [-0.25, -0.2) is 5.57 Å². The van der Waals surface area contributed by atoms with E-state index in [-0.39, 0.29) is 30.2 Å². The van der Waals surface area contributed by atoms with Crippen molar-refractivity contribution in [3.63, 3.8) is 0 Å². The van der Waals surface area contributed by atoms with Crippen molar-refractivity contribution in [1.82, 2.24) is 0 Å². The topological polar surface area (TPSA) is 0 Å². The maximum atomic E-state index is 3.36. The Kier molecular flexibility index (Phi) is 13.1. The molecule has 35 heavy (non-hydrogen) atoms. The predicted molar refractivity (Wildman–Crippen MR) is 145 cm³/mol. The van der Waals surface area contributed by atoms with Gasteiger partial charge in [0.15, 0.2) is 0 Å². The Morgan fingerprint density at radius 3 is 1.89 bits per heavy atom. The molecule has 0 fully saturated rings. The van der Waals surface area contributed by atoms with Crippen molar-refractivity contribution in [3.8, 4) is 11.1 Å². The summed E-state index contributed by atoms with van der Waals surface area (Å²) in [6.45, 7) is 15.4. The summed E-state index contributed by atoms with van der Waals surface area (Å²) in [6.07, 6.45) is 3.36. The van der Waals surface area contributed by atoms with E-state index in [2.05, 4.69) is 127 Å². The molecule has 1 atom stereocenters. The molecule has 182 valence electrons. The second-order valence-electron chi connectivity index (χ2n) is 9.17. The van der Waals surface area contributed by atoms with Gasteiger partial charge in [-0.1, -0.05) is 87.7 Å². The van der Waals surface area contributed by atoms with E-state index in [9.17, 15) is 0 Å². The zero-order valence-corrected chi connectivity index (χ0v) is 26.7. The fraction of sp³-hybridized carbons (Fsp3) is 0.258. The molecule has 0 bridgehead atoms. The standard InChI is InChI=1S/C20H15.C9H13.C2H6Si.2ClH.Zr/c1-14-12-16-8-5-11-19(20(16)13-14)18-10-4-7-15-6-2-3-9-17(15)18;1-6-5-7(2)9(4)8(6)3;1-3-2;;;/h2-13H,1H3;6H,1-4H3;1-2H3;2*1H;/q2*-1;;;;+2/p-2. The summed E-state index contributed by atoms with van der Waals surface area (Å²) in [4.78, 5) is 0. The van der Waals surface area contributed by atoms with Crippen LogP contribution in [0.25, 0.3) is 32.7 Å². The third kappa shape index (κ3) is 8.09. The van der Waals surface area contributed by atoms with Crippen LogP contribution in [-0.2, 0) is 23.3 Å². The molecular formula is C31H34Cl2SiZr-2. The number of allylic oxidation sites excluding steroid dienone is 4. The van der Waals surface area contributed by atoms with Gasteiger partial charge in [0.05, 0.1) is 0 Å². The van der Waals surface area contributed by atoms with Gasteiger partial charge in [-0.2, -0.15) is 17.2 Å². The normalized spacial score (nSPS) is 14.2. The maximum absolute atomic E-state index is 3.36. The van der Waals surface area contributed by atoms with Crippen LogP contribution in [0, 0.1) is 18.9 Å². The predicted octanol–water partition coefficient (Wildman–Crippen LogP) is 3.20. The van der Waals surface area contributed by atoms with E-state index >= 15 is 0 Å². The van der Waals surface area contributed by atoms with E-state index in [1.165, 1.54) is 55.0 Å². The molecule has 5 rings (SSSR count). The molecule has 0 saturated heterocycles. The molecule has 0 spiro atoms. The van der Waals surface area contributed by atoms with Crippen LogP contribution in [0.1, 0.15) is 33.3 Å². The minimum absolute atomic E-state index is 0. The van der Waals surface area contributed by atoms with E-state index in [1.54, 1.807) is 23.3 Å². The summed E-state index contributed by atoms with van der Waals surface area (Å²) < 4.78 is 0. The van der Waals surface area contributed by atoms with Crippen molar-refractivity contribution in [2.45, 2.75) is 47.7 Å². The van der Waals surface area contributed by atoms with Crippen molar-refractivity contribution in [2.75, 3.05) is 0 Å². The van der Waals surface area contributed by atoms with Crippen LogP contribution in [0.3, 0.4) is 0 Å². The molecule has 1 aliphatic carbocycles. The fourth-order valence-electron chi connectivity index (χ4n) is 4.24. The van der Waals surface area contributed by atoms with Crippen LogP contribution in [0.2, 0.25) is 13.1 Å². The van der Waals surface area contributed by atoms with E-state index in [4.69, 9.17) is 0 Å². The molecule has 0 nitrogen and oxygen atoms in total. The van der Waals surface area contributed by atoms with Crippen LogP contribution in [0.5, 0.6) is 0 Å². The number of hydrogen-bond acceptors (Lipinski definition) is 0. The van der Waals surface area contributed by atoms with Crippen LogP contribution in [-0.4, -0.2) is 5.43 Å². The Labute approximate surface area is 239 Å². The second-order valence-corrected chi connectivity index (χ2v) is 18.5. The summed E-state index contributed by atoms with van der Waals surface area (Å²) in [6, 6.07) is 26.2. The molecule has 0 aliphatic heterocycles. The average Bonchev–Trinajstić information content (AvgIpc) is 3.27. The van der Waals surface area contributed by atoms with Gasteiger partial charge in [0, 0.05) is 0 Å². The summed E-state index contributed by atoms with van der Waals surface area (Å²) in [5, 5.41) is 5.29. The Balaban J connectivity index is 0.000000346. The molecule has 0 radical (unpaired) electrons. The van der Waals surface area contributed by atoms with Gasteiger partial charge in [-0.05, 0) is 16.3 Å². The molecule has 4 aromatic carbocycles. The van der Waals surface area contributed by atoms with Crippen molar-refractivity contribution >= 4 is 27.0 Å². The van der Waals surface area contributed by atoms with Gasteiger partial charge in [-0.3, -0.25) is 6.08 Å². The van der Waals surface area contributed by atoms with Crippen molar-refractivity contribution in [3.05, 3.63) is 101 Å². The quantitative estimate of drug-likeness (QED) is 0.234. The van der Waals surface area contributed by atoms with Crippen molar-refractivity contribution in [2.24, 2.45) is 5.92 Å². The fourth-order valence-corrected chi connectivity index (χ4v) is 4.24. The number of rotatable bonds is 1. The van der Waals surface area contributed by atoms with Gasteiger partial charge in [-0.15, -0.1) is 41.5 Å². The number of fused-ring (bicyclic) bond motifs is 2. The third-order valence-corrected chi connectivity index (χ3v) is 6.21. The molecule has 4 heteroatoms. The SMILES string of the molecule is CC1=[C-]C(C)C(C)=C1C.C[Si](C)=[Zr+2].Cc1cc2c(-c3cccc4ccccc34)cccc2[cH-]1.[Cl-].[Cl-]. The number of benzene rings is 3. The minimum Gasteiger partial charge on any atom is -1.00 e. The molecule has 4 aromatic rings. The monoisotopic (exact) mass is 594 g/mol. The first-order chi connectivity index (χ1) is 15.7. The Bertz CT molecular complexity index is 1350. The average molecular weight is 597 g/mol. The summed E-state index contributed by atoms with van der Waals surface area (Å²) in [5.41, 5.74) is 8.43. The number of aryl methyl sites for hydroxylation is 1. The molecule has 0 N–H and O–H groups in total. The zero-order chi connectivity index (χ0) is 24.1. The van der Waals surface area contributed by atoms with Crippen LogP contribution in [0.15, 0.2) is 89.5 Å². The summed E-state index contributed by atoms with van der Waals surface area (Å²) >= 11 is 1.74. The van der Waals surface area contributed by atoms with Gasteiger partial charge in [0.25, 0.3) is 0 Å². The molecule has 0 aromatic heterocycles. The zero-order valence-electron chi connectivity index (χ0n) is 21.8. The van der Waals surface area contributed by atoms with Gasteiger partial charge in [0.2, 0.25) is 0 Å². The Morgan fingerprint density at radius 1 is 0.800 bits per heavy atom. The van der Waals surface area contributed by atoms with Crippen LogP contribution < -0.4 is 24.8 Å².